The third-order valence-corrected chi connectivity index (χ3v) is 6.10. The summed E-state index contributed by atoms with van der Waals surface area (Å²) >= 11 is 0. The fourth-order valence-corrected chi connectivity index (χ4v) is 4.44. The molecule has 4 rings (SSSR count). The van der Waals surface area contributed by atoms with Crippen LogP contribution < -0.4 is 15.1 Å². The summed E-state index contributed by atoms with van der Waals surface area (Å²) in [4.78, 5) is 27.0. The number of rotatable bonds is 5. The van der Waals surface area contributed by atoms with Crippen molar-refractivity contribution in [2.75, 3.05) is 63.2 Å². The van der Waals surface area contributed by atoms with E-state index in [2.05, 4.69) is 20.2 Å². The lowest BCUT2D eigenvalue weighted by Crippen LogP contribution is -2.65. The highest BCUT2D eigenvalue weighted by atomic mass is 16.5. The van der Waals surface area contributed by atoms with Gasteiger partial charge in [-0.05, 0) is 31.6 Å². The molecule has 1 unspecified atom stereocenters. The summed E-state index contributed by atoms with van der Waals surface area (Å²) in [7, 11) is 3.96. The van der Waals surface area contributed by atoms with E-state index in [4.69, 9.17) is 4.74 Å². The molecule has 0 bridgehead atoms. The maximum Gasteiger partial charge on any atom is 0.317 e. The smallest absolute Gasteiger partial charge is 0.317 e. The number of likely N-dealkylation sites (tertiary alicyclic amines) is 1. The maximum absolute atomic E-state index is 12.1. The zero-order chi connectivity index (χ0) is 18.9. The van der Waals surface area contributed by atoms with Crippen LogP contribution in [0.2, 0.25) is 0 Å². The van der Waals surface area contributed by atoms with Crippen LogP contribution in [0.15, 0.2) is 12.4 Å². The van der Waals surface area contributed by atoms with E-state index in [-0.39, 0.29) is 11.6 Å². The number of amides is 2. The number of nitrogens with zero attached hydrogens (tertiary/aromatic N) is 5. The van der Waals surface area contributed by atoms with Crippen LogP contribution in [0.5, 0.6) is 0 Å². The summed E-state index contributed by atoms with van der Waals surface area (Å²) in [6.45, 7) is 5.05. The monoisotopic (exact) mass is 374 g/mol. The predicted molar refractivity (Wildman–Crippen MR) is 104 cm³/mol. The molecule has 1 N–H and O–H groups in total. The van der Waals surface area contributed by atoms with Gasteiger partial charge < -0.3 is 24.8 Å². The van der Waals surface area contributed by atoms with Gasteiger partial charge in [-0.25, -0.2) is 14.8 Å². The van der Waals surface area contributed by atoms with Gasteiger partial charge in [0.25, 0.3) is 0 Å². The number of ether oxygens (including phenoxy) is 1. The summed E-state index contributed by atoms with van der Waals surface area (Å²) in [6, 6.07) is 2.11. The van der Waals surface area contributed by atoms with Gasteiger partial charge in [0.2, 0.25) is 0 Å². The summed E-state index contributed by atoms with van der Waals surface area (Å²) in [5, 5.41) is 3.09. The second kappa shape index (κ2) is 7.50. The van der Waals surface area contributed by atoms with Gasteiger partial charge in [0.1, 0.15) is 23.6 Å². The van der Waals surface area contributed by atoms with E-state index in [1.807, 2.05) is 30.0 Å². The Kier molecular flexibility index (Phi) is 5.08. The molecule has 1 atom stereocenters. The van der Waals surface area contributed by atoms with Crippen molar-refractivity contribution in [2.45, 2.75) is 31.3 Å². The lowest BCUT2D eigenvalue weighted by Gasteiger charge is -2.51. The highest BCUT2D eigenvalue weighted by Crippen LogP contribution is 2.43. The van der Waals surface area contributed by atoms with Crippen LogP contribution in [-0.4, -0.2) is 79.9 Å². The number of hydrogen-bond donors (Lipinski definition) is 1. The fourth-order valence-electron chi connectivity index (χ4n) is 4.44. The largest absolute Gasteiger partial charge is 0.371 e. The maximum atomic E-state index is 12.1. The van der Waals surface area contributed by atoms with Crippen molar-refractivity contribution in [3.8, 4) is 0 Å². The van der Waals surface area contributed by atoms with Crippen LogP contribution in [0, 0.1) is 5.92 Å². The second-order valence-electron chi connectivity index (χ2n) is 8.10. The van der Waals surface area contributed by atoms with E-state index in [1.165, 1.54) is 0 Å². The number of aromatic nitrogens is 2. The van der Waals surface area contributed by atoms with Gasteiger partial charge in [0.15, 0.2) is 0 Å². The first kappa shape index (κ1) is 18.3. The minimum atomic E-state index is -0.0817. The zero-order valence-electron chi connectivity index (χ0n) is 16.4. The molecule has 8 nitrogen and oxygen atoms in total. The molecule has 27 heavy (non-hydrogen) atoms. The van der Waals surface area contributed by atoms with Crippen molar-refractivity contribution in [3.63, 3.8) is 0 Å². The molecule has 3 fully saturated rings. The Labute approximate surface area is 160 Å². The van der Waals surface area contributed by atoms with Crippen molar-refractivity contribution >= 4 is 17.7 Å². The van der Waals surface area contributed by atoms with Gasteiger partial charge in [0.05, 0.1) is 13.1 Å². The van der Waals surface area contributed by atoms with Crippen LogP contribution in [-0.2, 0) is 4.74 Å². The Morgan fingerprint density at radius 1 is 1.33 bits per heavy atom. The van der Waals surface area contributed by atoms with Crippen LogP contribution in [0.3, 0.4) is 0 Å². The van der Waals surface area contributed by atoms with Gasteiger partial charge in [-0.1, -0.05) is 0 Å². The van der Waals surface area contributed by atoms with Crippen molar-refractivity contribution in [2.24, 2.45) is 5.92 Å². The van der Waals surface area contributed by atoms with E-state index >= 15 is 0 Å². The van der Waals surface area contributed by atoms with Gasteiger partial charge in [0, 0.05) is 46.4 Å². The van der Waals surface area contributed by atoms with Crippen molar-refractivity contribution < 1.29 is 9.53 Å². The Bertz CT molecular complexity index is 670. The lowest BCUT2D eigenvalue weighted by molar-refractivity contribution is -0.0455. The molecule has 0 radical (unpaired) electrons. The minimum absolute atomic E-state index is 0.0817. The molecule has 1 spiro atoms. The summed E-state index contributed by atoms with van der Waals surface area (Å²) < 4.78 is 6.16. The molecule has 4 heterocycles. The molecule has 3 saturated heterocycles. The van der Waals surface area contributed by atoms with Gasteiger partial charge >= 0.3 is 6.03 Å². The molecule has 1 aromatic heterocycles. The number of carbonyl (C=O) groups is 1. The average Bonchev–Trinajstić information content (AvgIpc) is 3.30. The molecule has 3 aliphatic heterocycles. The molecular weight excluding hydrogens is 344 g/mol. The normalized spacial score (nSPS) is 23.6. The topological polar surface area (TPSA) is 73.8 Å². The van der Waals surface area contributed by atoms with E-state index in [9.17, 15) is 4.79 Å². The van der Waals surface area contributed by atoms with Crippen LogP contribution in [0.4, 0.5) is 16.4 Å². The first-order chi connectivity index (χ1) is 13.1. The minimum Gasteiger partial charge on any atom is -0.371 e. The first-order valence-corrected chi connectivity index (χ1v) is 9.98. The van der Waals surface area contributed by atoms with Crippen LogP contribution >= 0.6 is 0 Å². The average molecular weight is 374 g/mol. The molecule has 8 heteroatoms. The van der Waals surface area contributed by atoms with E-state index < -0.39 is 0 Å². The molecule has 2 amide bonds. The van der Waals surface area contributed by atoms with Crippen molar-refractivity contribution in [3.05, 3.63) is 12.4 Å². The number of hydrogen-bond acceptors (Lipinski definition) is 6. The number of nitrogens with one attached hydrogen (secondary N) is 1. The SMILES string of the molecule is CN(C)c1cc(N2CC3(C2)OCCC3CCNC(=O)N2CCCC2)ncn1. The quantitative estimate of drug-likeness (QED) is 0.838. The van der Waals surface area contributed by atoms with Gasteiger partial charge in [-0.3, -0.25) is 0 Å². The molecule has 3 aliphatic rings. The summed E-state index contributed by atoms with van der Waals surface area (Å²) in [5.41, 5.74) is -0.0817. The Morgan fingerprint density at radius 3 is 2.85 bits per heavy atom. The fraction of sp³-hybridized carbons (Fsp3) is 0.737. The third kappa shape index (κ3) is 3.67. The van der Waals surface area contributed by atoms with Gasteiger partial charge in [-0.15, -0.1) is 0 Å². The molecule has 148 valence electrons. The van der Waals surface area contributed by atoms with Crippen LogP contribution in [0.1, 0.15) is 25.7 Å². The van der Waals surface area contributed by atoms with Crippen LogP contribution in [0.25, 0.3) is 0 Å². The Balaban J connectivity index is 1.29. The van der Waals surface area contributed by atoms with E-state index in [0.717, 1.165) is 76.6 Å². The summed E-state index contributed by atoms with van der Waals surface area (Å²) in [5.74, 6) is 2.35. The molecular formula is C19H30N6O2. The second-order valence-corrected chi connectivity index (χ2v) is 8.10. The number of urea groups is 1. The lowest BCUT2D eigenvalue weighted by atomic mass is 9.79. The number of anilines is 2. The molecule has 0 saturated carbocycles. The molecule has 0 aromatic carbocycles. The first-order valence-electron chi connectivity index (χ1n) is 9.98. The standard InChI is InChI=1S/C19H30N6O2/c1-23(2)16-11-17(22-14-21-16)25-12-19(13-25)15(6-10-27-19)5-7-20-18(26)24-8-3-4-9-24/h11,14-15H,3-10,12-13H2,1-2H3,(H,20,26). The highest BCUT2D eigenvalue weighted by Gasteiger charge is 2.53. The van der Waals surface area contributed by atoms with Crippen molar-refractivity contribution in [1.82, 2.24) is 20.2 Å². The van der Waals surface area contributed by atoms with E-state index in [0.29, 0.717) is 5.92 Å². The van der Waals surface area contributed by atoms with Crippen molar-refractivity contribution in [1.29, 1.82) is 0 Å². The highest BCUT2D eigenvalue weighted by molar-refractivity contribution is 5.74. The Morgan fingerprint density at radius 2 is 2.11 bits per heavy atom. The summed E-state index contributed by atoms with van der Waals surface area (Å²) in [6.07, 6.45) is 5.92. The third-order valence-electron chi connectivity index (χ3n) is 6.10. The zero-order valence-corrected chi connectivity index (χ0v) is 16.4. The number of carbonyl (C=O) groups excluding carboxylic acids is 1. The van der Waals surface area contributed by atoms with E-state index in [1.54, 1.807) is 6.33 Å². The molecule has 1 aromatic rings. The predicted octanol–water partition coefficient (Wildman–Crippen LogP) is 1.33. The molecule has 0 aliphatic carbocycles. The Hall–Kier alpha value is -2.09. The van der Waals surface area contributed by atoms with Gasteiger partial charge in [-0.2, -0.15) is 0 Å².